The average molecular weight is 304 g/mol. The minimum atomic E-state index is -0.343. The molecular weight excluding hydrogens is 290 g/mol. The Morgan fingerprint density at radius 2 is 2.00 bits per heavy atom. The Morgan fingerprint density at radius 3 is 2.67 bits per heavy atom. The molecule has 0 fully saturated rings. The minimum absolute atomic E-state index is 0.127. The summed E-state index contributed by atoms with van der Waals surface area (Å²) in [5.74, 6) is -0.760. The Bertz CT molecular complexity index is 706. The van der Waals surface area contributed by atoms with Crippen LogP contribution in [0.25, 0.3) is 0 Å². The van der Waals surface area contributed by atoms with Gasteiger partial charge in [-0.05, 0) is 12.5 Å². The number of benzene rings is 1. The number of fused-ring (bicyclic) bond motifs is 1. The Balaban J connectivity index is 2.03. The number of esters is 1. The number of carbonyl (C=O) groups is 2. The summed E-state index contributed by atoms with van der Waals surface area (Å²) in [5.41, 5.74) is 1.79. The molecule has 2 aromatic rings. The fraction of sp³-hybridized carbons (Fsp3) is 0.250. The molecule has 0 amide bonds. The van der Waals surface area contributed by atoms with Gasteiger partial charge in [0.2, 0.25) is 5.78 Å². The lowest BCUT2D eigenvalue weighted by Crippen LogP contribution is -2.11. The molecule has 0 spiro atoms. The van der Waals surface area contributed by atoms with Crippen molar-refractivity contribution in [2.24, 2.45) is 0 Å². The second-order valence-corrected chi connectivity index (χ2v) is 5.38. The molecule has 108 valence electrons. The van der Waals surface area contributed by atoms with Gasteiger partial charge >= 0.3 is 5.97 Å². The van der Waals surface area contributed by atoms with Gasteiger partial charge in [-0.2, -0.15) is 0 Å². The molecule has 1 atom stereocenters. The number of hydrogen-bond acceptors (Lipinski definition) is 3. The zero-order valence-electron chi connectivity index (χ0n) is 11.5. The monoisotopic (exact) mass is 303 g/mol. The van der Waals surface area contributed by atoms with Crippen LogP contribution in [0.15, 0.2) is 36.4 Å². The highest BCUT2D eigenvalue weighted by Crippen LogP contribution is 2.36. The smallest absolute Gasteiger partial charge is 0.314 e. The van der Waals surface area contributed by atoms with Crippen LogP contribution in [0.4, 0.5) is 0 Å². The van der Waals surface area contributed by atoms with E-state index in [0.29, 0.717) is 29.2 Å². The molecule has 21 heavy (non-hydrogen) atoms. The molecule has 2 heterocycles. The number of nitrogens with zero attached hydrogens (tertiary/aromatic N) is 1. The predicted octanol–water partition coefficient (Wildman–Crippen LogP) is 3.03. The summed E-state index contributed by atoms with van der Waals surface area (Å²) in [7, 11) is 1.37. The summed E-state index contributed by atoms with van der Waals surface area (Å²) in [5, 5.41) is 0.382. The lowest BCUT2D eigenvalue weighted by molar-refractivity contribution is -0.142. The van der Waals surface area contributed by atoms with Gasteiger partial charge in [0.15, 0.2) is 0 Å². The lowest BCUT2D eigenvalue weighted by atomic mass is 10.1. The fourth-order valence-electron chi connectivity index (χ4n) is 2.81. The number of rotatable bonds is 3. The molecule has 1 aromatic heterocycles. The van der Waals surface area contributed by atoms with Crippen LogP contribution >= 0.6 is 11.6 Å². The quantitative estimate of drug-likeness (QED) is 0.647. The summed E-state index contributed by atoms with van der Waals surface area (Å²) in [6.07, 6.45) is 0.633. The van der Waals surface area contributed by atoms with Gasteiger partial charge in [0.1, 0.15) is 5.69 Å². The van der Waals surface area contributed by atoms with Crippen molar-refractivity contribution in [2.45, 2.75) is 18.9 Å². The maximum Gasteiger partial charge on any atom is 0.314 e. The molecule has 0 aliphatic carbocycles. The van der Waals surface area contributed by atoms with Crippen molar-refractivity contribution in [3.63, 3.8) is 0 Å². The van der Waals surface area contributed by atoms with Gasteiger partial charge < -0.3 is 9.30 Å². The van der Waals surface area contributed by atoms with Crippen molar-refractivity contribution in [1.82, 2.24) is 4.57 Å². The second kappa shape index (κ2) is 5.37. The molecule has 1 aromatic carbocycles. The van der Waals surface area contributed by atoms with Crippen molar-refractivity contribution in [3.05, 3.63) is 58.4 Å². The minimum Gasteiger partial charge on any atom is -0.469 e. The summed E-state index contributed by atoms with van der Waals surface area (Å²) in [6.45, 7) is 0.593. The van der Waals surface area contributed by atoms with Crippen LogP contribution < -0.4 is 0 Å². The van der Waals surface area contributed by atoms with E-state index in [-0.39, 0.29) is 17.7 Å². The number of ether oxygens (including phenoxy) is 1. The number of halogens is 1. The van der Waals surface area contributed by atoms with E-state index in [2.05, 4.69) is 0 Å². The van der Waals surface area contributed by atoms with Crippen molar-refractivity contribution < 1.29 is 14.3 Å². The zero-order chi connectivity index (χ0) is 15.0. The topological polar surface area (TPSA) is 48.3 Å². The van der Waals surface area contributed by atoms with Gasteiger partial charge in [0.05, 0.1) is 18.1 Å². The molecule has 0 bridgehead atoms. The summed E-state index contributed by atoms with van der Waals surface area (Å²) in [6, 6.07) is 10.7. The lowest BCUT2D eigenvalue weighted by Gasteiger charge is -2.06. The third-order valence-electron chi connectivity index (χ3n) is 3.82. The standard InChI is InChI=1S/C16H14ClNO3/c1-21-16(20)11-7-8-18-13(11)9-12(17)14(18)15(19)10-5-3-2-4-6-10/h2-6,9,11H,7-8H2,1H3. The first kappa shape index (κ1) is 13.9. The van der Waals surface area contributed by atoms with E-state index in [1.54, 1.807) is 18.2 Å². The maximum absolute atomic E-state index is 12.6. The number of hydrogen-bond donors (Lipinski definition) is 0. The molecular formula is C16H14ClNO3. The Labute approximate surface area is 127 Å². The van der Waals surface area contributed by atoms with E-state index in [0.717, 1.165) is 5.69 Å². The Hall–Kier alpha value is -2.07. The maximum atomic E-state index is 12.6. The van der Waals surface area contributed by atoms with Crippen LogP contribution in [0.1, 0.15) is 34.1 Å². The van der Waals surface area contributed by atoms with Crippen LogP contribution in [0.3, 0.4) is 0 Å². The fourth-order valence-corrected chi connectivity index (χ4v) is 3.11. The highest BCUT2D eigenvalue weighted by molar-refractivity contribution is 6.35. The highest BCUT2D eigenvalue weighted by atomic mass is 35.5. The van der Waals surface area contributed by atoms with Crippen LogP contribution in [0.5, 0.6) is 0 Å². The van der Waals surface area contributed by atoms with Crippen molar-refractivity contribution in [1.29, 1.82) is 0 Å². The molecule has 0 radical (unpaired) electrons. The van der Waals surface area contributed by atoms with Crippen LogP contribution in [0.2, 0.25) is 5.02 Å². The third kappa shape index (κ3) is 2.25. The Morgan fingerprint density at radius 1 is 1.29 bits per heavy atom. The third-order valence-corrected chi connectivity index (χ3v) is 4.11. The summed E-state index contributed by atoms with van der Waals surface area (Å²) >= 11 is 6.23. The van der Waals surface area contributed by atoms with Crippen LogP contribution in [-0.4, -0.2) is 23.4 Å². The highest BCUT2D eigenvalue weighted by Gasteiger charge is 2.34. The SMILES string of the molecule is COC(=O)C1CCn2c1cc(Cl)c2C(=O)c1ccccc1. The number of methoxy groups -OCH3 is 1. The van der Waals surface area contributed by atoms with Crippen molar-refractivity contribution in [2.75, 3.05) is 7.11 Å². The molecule has 4 nitrogen and oxygen atoms in total. The number of aromatic nitrogens is 1. The largest absolute Gasteiger partial charge is 0.469 e. The molecule has 0 saturated carbocycles. The van der Waals surface area contributed by atoms with Gasteiger partial charge in [-0.1, -0.05) is 41.9 Å². The van der Waals surface area contributed by atoms with Gasteiger partial charge in [0, 0.05) is 17.8 Å². The van der Waals surface area contributed by atoms with E-state index in [4.69, 9.17) is 16.3 Å². The van der Waals surface area contributed by atoms with Gasteiger partial charge in [-0.15, -0.1) is 0 Å². The first-order valence-corrected chi connectivity index (χ1v) is 7.07. The summed E-state index contributed by atoms with van der Waals surface area (Å²) in [4.78, 5) is 24.4. The predicted molar refractivity (Wildman–Crippen MR) is 78.7 cm³/mol. The Kier molecular flexibility index (Phi) is 3.55. The normalized spacial score (nSPS) is 16.6. The van der Waals surface area contributed by atoms with Gasteiger partial charge in [0.25, 0.3) is 0 Å². The van der Waals surface area contributed by atoms with E-state index < -0.39 is 0 Å². The number of carbonyl (C=O) groups excluding carboxylic acids is 2. The second-order valence-electron chi connectivity index (χ2n) is 4.98. The van der Waals surface area contributed by atoms with Crippen LogP contribution in [0, 0.1) is 0 Å². The molecule has 1 aliphatic rings. The zero-order valence-corrected chi connectivity index (χ0v) is 12.3. The van der Waals surface area contributed by atoms with Crippen molar-refractivity contribution >= 4 is 23.4 Å². The van der Waals surface area contributed by atoms with E-state index in [9.17, 15) is 9.59 Å². The first-order chi connectivity index (χ1) is 10.1. The average Bonchev–Trinajstić information content (AvgIpc) is 3.04. The van der Waals surface area contributed by atoms with E-state index in [1.807, 2.05) is 22.8 Å². The molecule has 0 saturated heterocycles. The number of ketones is 1. The van der Waals surface area contributed by atoms with Gasteiger partial charge in [-0.25, -0.2) is 0 Å². The molecule has 1 unspecified atom stereocenters. The van der Waals surface area contributed by atoms with Crippen LogP contribution in [-0.2, 0) is 16.1 Å². The molecule has 1 aliphatic heterocycles. The van der Waals surface area contributed by atoms with E-state index >= 15 is 0 Å². The first-order valence-electron chi connectivity index (χ1n) is 6.70. The molecule has 3 rings (SSSR count). The molecule has 5 heteroatoms. The van der Waals surface area contributed by atoms with Crippen molar-refractivity contribution in [3.8, 4) is 0 Å². The van der Waals surface area contributed by atoms with E-state index in [1.165, 1.54) is 7.11 Å². The van der Waals surface area contributed by atoms with Gasteiger partial charge in [-0.3, -0.25) is 9.59 Å². The molecule has 0 N–H and O–H groups in total. The summed E-state index contributed by atoms with van der Waals surface area (Å²) < 4.78 is 6.64.